The van der Waals surface area contributed by atoms with Crippen LogP contribution in [0.4, 0.5) is 0 Å². The molecule has 0 aliphatic heterocycles. The molecule has 0 aromatic rings. The summed E-state index contributed by atoms with van der Waals surface area (Å²) in [5, 5.41) is 3.41. The van der Waals surface area contributed by atoms with Crippen molar-refractivity contribution in [1.29, 1.82) is 0 Å². The third-order valence-electron chi connectivity index (χ3n) is 2.48. The zero-order valence-corrected chi connectivity index (χ0v) is 9.41. The van der Waals surface area contributed by atoms with Crippen molar-refractivity contribution >= 4 is 0 Å². The zero-order chi connectivity index (χ0) is 9.61. The predicted octanol–water partition coefficient (Wildman–Crippen LogP) is 3.06. The van der Waals surface area contributed by atoms with Gasteiger partial charge in [0.15, 0.2) is 0 Å². The molecule has 0 spiro atoms. The fraction of sp³-hybridized carbons (Fsp3) is 1.00. The Balaban J connectivity index is 0.000000561. The number of hydrogen-bond donors (Lipinski definition) is 1. The topological polar surface area (TPSA) is 12.0 Å². The van der Waals surface area contributed by atoms with E-state index in [0.717, 1.165) is 12.5 Å². The Morgan fingerprint density at radius 1 is 1.33 bits per heavy atom. The van der Waals surface area contributed by atoms with Gasteiger partial charge in [0.2, 0.25) is 0 Å². The standard InChI is InChI=1S/C9H19N.C2H6/c1-4-10-7-9(3)5-8(2)6-9;1-2/h8,10H,4-7H2,1-3H3;1-2H3. The summed E-state index contributed by atoms with van der Waals surface area (Å²) in [4.78, 5) is 0. The molecule has 0 amide bonds. The molecule has 1 fully saturated rings. The van der Waals surface area contributed by atoms with Crippen LogP contribution >= 0.6 is 0 Å². The molecule has 12 heavy (non-hydrogen) atoms. The second-order valence-electron chi connectivity index (χ2n) is 4.10. The summed E-state index contributed by atoms with van der Waals surface area (Å²) in [5.74, 6) is 0.976. The van der Waals surface area contributed by atoms with Crippen molar-refractivity contribution in [3.63, 3.8) is 0 Å². The summed E-state index contributed by atoms with van der Waals surface area (Å²) in [6, 6.07) is 0. The average molecular weight is 171 g/mol. The largest absolute Gasteiger partial charge is 0.316 e. The lowest BCUT2D eigenvalue weighted by Crippen LogP contribution is -2.41. The van der Waals surface area contributed by atoms with Gasteiger partial charge in [-0.05, 0) is 30.7 Å². The van der Waals surface area contributed by atoms with E-state index < -0.39 is 0 Å². The third-order valence-corrected chi connectivity index (χ3v) is 2.48. The Bertz CT molecular complexity index is 104. The van der Waals surface area contributed by atoms with E-state index in [9.17, 15) is 0 Å². The lowest BCUT2D eigenvalue weighted by molar-refractivity contribution is 0.0878. The first-order chi connectivity index (χ1) is 5.66. The van der Waals surface area contributed by atoms with Crippen LogP contribution in [-0.4, -0.2) is 13.1 Å². The molecule has 0 aromatic heterocycles. The minimum atomic E-state index is 0.634. The third kappa shape index (κ3) is 3.57. The molecule has 0 bridgehead atoms. The average Bonchev–Trinajstić information content (AvgIpc) is 2.02. The van der Waals surface area contributed by atoms with Crippen molar-refractivity contribution < 1.29 is 0 Å². The minimum absolute atomic E-state index is 0.634. The van der Waals surface area contributed by atoms with Crippen LogP contribution < -0.4 is 5.32 Å². The lowest BCUT2D eigenvalue weighted by atomic mass is 9.64. The van der Waals surface area contributed by atoms with Gasteiger partial charge < -0.3 is 5.32 Å². The van der Waals surface area contributed by atoms with Gasteiger partial charge in [-0.1, -0.05) is 34.6 Å². The minimum Gasteiger partial charge on any atom is -0.316 e. The van der Waals surface area contributed by atoms with Crippen molar-refractivity contribution in [3.8, 4) is 0 Å². The molecule has 1 saturated carbocycles. The normalized spacial score (nSPS) is 33.2. The van der Waals surface area contributed by atoms with E-state index in [0.29, 0.717) is 5.41 Å². The Morgan fingerprint density at radius 2 is 1.83 bits per heavy atom. The number of rotatable bonds is 3. The van der Waals surface area contributed by atoms with Crippen molar-refractivity contribution in [2.75, 3.05) is 13.1 Å². The van der Waals surface area contributed by atoms with Crippen LogP contribution in [0.1, 0.15) is 47.5 Å². The Labute approximate surface area is 77.9 Å². The molecule has 1 heteroatoms. The lowest BCUT2D eigenvalue weighted by Gasteiger charge is -2.44. The molecule has 0 heterocycles. The van der Waals surface area contributed by atoms with Crippen LogP contribution in [0.5, 0.6) is 0 Å². The van der Waals surface area contributed by atoms with Crippen LogP contribution in [0.15, 0.2) is 0 Å². The first-order valence-electron chi connectivity index (χ1n) is 5.37. The maximum atomic E-state index is 3.41. The summed E-state index contributed by atoms with van der Waals surface area (Å²) < 4.78 is 0. The molecule has 74 valence electrons. The second kappa shape index (κ2) is 5.58. The smallest absolute Gasteiger partial charge is 0.000525 e. The maximum Gasteiger partial charge on any atom is 0.000525 e. The van der Waals surface area contributed by atoms with Gasteiger partial charge in [0.05, 0.1) is 0 Å². The molecule has 1 nitrogen and oxygen atoms in total. The van der Waals surface area contributed by atoms with Gasteiger partial charge in [-0.3, -0.25) is 0 Å². The molecule has 1 aliphatic carbocycles. The van der Waals surface area contributed by atoms with Crippen molar-refractivity contribution in [2.24, 2.45) is 11.3 Å². The summed E-state index contributed by atoms with van der Waals surface area (Å²) >= 11 is 0. The highest BCUT2D eigenvalue weighted by molar-refractivity contribution is 4.89. The van der Waals surface area contributed by atoms with Crippen LogP contribution in [0.25, 0.3) is 0 Å². The highest BCUT2D eigenvalue weighted by Crippen LogP contribution is 2.44. The molecular formula is C11H25N. The molecule has 0 saturated heterocycles. The van der Waals surface area contributed by atoms with Crippen LogP contribution in [0.2, 0.25) is 0 Å². The summed E-state index contributed by atoms with van der Waals surface area (Å²) in [7, 11) is 0. The van der Waals surface area contributed by atoms with Gasteiger partial charge in [0.25, 0.3) is 0 Å². The van der Waals surface area contributed by atoms with E-state index in [1.54, 1.807) is 0 Å². The number of nitrogens with one attached hydrogen (secondary N) is 1. The van der Waals surface area contributed by atoms with E-state index in [-0.39, 0.29) is 0 Å². The van der Waals surface area contributed by atoms with Gasteiger partial charge in [-0.25, -0.2) is 0 Å². The fourth-order valence-corrected chi connectivity index (χ4v) is 2.19. The fourth-order valence-electron chi connectivity index (χ4n) is 2.19. The maximum absolute atomic E-state index is 3.41. The molecule has 0 unspecified atom stereocenters. The molecule has 0 radical (unpaired) electrons. The predicted molar refractivity (Wildman–Crippen MR) is 56.4 cm³/mol. The Morgan fingerprint density at radius 3 is 2.17 bits per heavy atom. The Kier molecular flexibility index (Phi) is 5.56. The SMILES string of the molecule is CC.CCNCC1(C)CC(C)C1. The first kappa shape index (κ1) is 12.0. The van der Waals surface area contributed by atoms with Gasteiger partial charge in [-0.15, -0.1) is 0 Å². The molecule has 1 aliphatic rings. The molecule has 1 rings (SSSR count). The number of hydrogen-bond acceptors (Lipinski definition) is 1. The van der Waals surface area contributed by atoms with Gasteiger partial charge >= 0.3 is 0 Å². The van der Waals surface area contributed by atoms with Gasteiger partial charge in [-0.2, -0.15) is 0 Å². The Hall–Kier alpha value is -0.0400. The molecule has 0 atom stereocenters. The quantitative estimate of drug-likeness (QED) is 0.688. The first-order valence-corrected chi connectivity index (χ1v) is 5.37. The highest BCUT2D eigenvalue weighted by atomic mass is 14.9. The van der Waals surface area contributed by atoms with E-state index in [1.807, 2.05) is 13.8 Å². The monoisotopic (exact) mass is 171 g/mol. The molecule has 0 aromatic carbocycles. The summed E-state index contributed by atoms with van der Waals surface area (Å²) in [6.07, 6.45) is 2.83. The van der Waals surface area contributed by atoms with E-state index in [1.165, 1.54) is 19.4 Å². The second-order valence-corrected chi connectivity index (χ2v) is 4.10. The van der Waals surface area contributed by atoms with E-state index >= 15 is 0 Å². The van der Waals surface area contributed by atoms with Crippen LogP contribution in [0, 0.1) is 11.3 Å². The molecule has 1 N–H and O–H groups in total. The zero-order valence-electron chi connectivity index (χ0n) is 9.41. The van der Waals surface area contributed by atoms with Gasteiger partial charge in [0, 0.05) is 6.54 Å². The van der Waals surface area contributed by atoms with Crippen molar-refractivity contribution in [3.05, 3.63) is 0 Å². The van der Waals surface area contributed by atoms with Crippen molar-refractivity contribution in [1.82, 2.24) is 5.32 Å². The van der Waals surface area contributed by atoms with Gasteiger partial charge in [0.1, 0.15) is 0 Å². The summed E-state index contributed by atoms with van der Waals surface area (Å²) in [6.45, 7) is 13.2. The van der Waals surface area contributed by atoms with E-state index in [2.05, 4.69) is 26.1 Å². The highest BCUT2D eigenvalue weighted by Gasteiger charge is 2.36. The molecular weight excluding hydrogens is 146 g/mol. The summed E-state index contributed by atoms with van der Waals surface area (Å²) in [5.41, 5.74) is 0.634. The van der Waals surface area contributed by atoms with Crippen LogP contribution in [-0.2, 0) is 0 Å². The van der Waals surface area contributed by atoms with E-state index in [4.69, 9.17) is 0 Å². The van der Waals surface area contributed by atoms with Crippen LogP contribution in [0.3, 0.4) is 0 Å². The van der Waals surface area contributed by atoms with Crippen molar-refractivity contribution in [2.45, 2.75) is 47.5 Å².